The van der Waals surface area contributed by atoms with Crippen LogP contribution in [0.15, 0.2) is 24.3 Å². The highest BCUT2D eigenvalue weighted by Gasteiger charge is 2.18. The molecule has 3 N–H and O–H groups in total. The van der Waals surface area contributed by atoms with Gasteiger partial charge in [0.2, 0.25) is 5.91 Å². The number of rotatable bonds is 5. The monoisotopic (exact) mass is 254 g/mol. The number of hydrogen-bond acceptors (Lipinski definition) is 2. The summed E-state index contributed by atoms with van der Waals surface area (Å²) in [6.07, 6.45) is 0.898. The van der Waals surface area contributed by atoms with Crippen molar-refractivity contribution < 1.29 is 4.79 Å². The van der Waals surface area contributed by atoms with Crippen LogP contribution in [0.4, 0.5) is 0 Å². The Kier molecular flexibility index (Phi) is 5.45. The molecule has 0 bridgehead atoms. The van der Waals surface area contributed by atoms with Gasteiger partial charge in [0.1, 0.15) is 0 Å². The number of benzene rings is 1. The Bertz CT molecular complexity index is 364. The third kappa shape index (κ3) is 4.36. The van der Waals surface area contributed by atoms with Crippen molar-refractivity contribution in [2.75, 3.05) is 0 Å². The largest absolute Gasteiger partial charge is 0.351 e. The summed E-state index contributed by atoms with van der Waals surface area (Å²) >= 11 is 5.78. The summed E-state index contributed by atoms with van der Waals surface area (Å²) in [5.74, 6) is 0.0921. The van der Waals surface area contributed by atoms with E-state index in [1.54, 1.807) is 12.1 Å². The molecule has 0 unspecified atom stereocenters. The minimum Gasteiger partial charge on any atom is -0.351 e. The van der Waals surface area contributed by atoms with Crippen molar-refractivity contribution in [3.05, 3.63) is 34.9 Å². The number of carbonyl (C=O) groups excluding carboxylic acids is 1. The van der Waals surface area contributed by atoms with Crippen molar-refractivity contribution in [2.24, 2.45) is 11.7 Å². The fourth-order valence-electron chi connectivity index (χ4n) is 1.42. The fraction of sp³-hybridized carbons (Fsp3) is 0.462. The lowest BCUT2D eigenvalue weighted by Gasteiger charge is -2.17. The van der Waals surface area contributed by atoms with E-state index in [1.165, 1.54) is 0 Å². The highest BCUT2D eigenvalue weighted by molar-refractivity contribution is 6.30. The second kappa shape index (κ2) is 6.62. The number of nitrogens with two attached hydrogens (primary N) is 1. The zero-order valence-corrected chi connectivity index (χ0v) is 11.0. The molecule has 1 amide bonds. The van der Waals surface area contributed by atoms with E-state index in [4.69, 9.17) is 17.3 Å². The first-order chi connectivity index (χ1) is 8.04. The molecule has 1 aromatic carbocycles. The Morgan fingerprint density at radius 1 is 1.41 bits per heavy atom. The third-order valence-corrected chi connectivity index (χ3v) is 3.19. The van der Waals surface area contributed by atoms with Gasteiger partial charge < -0.3 is 11.1 Å². The molecule has 0 radical (unpaired) electrons. The van der Waals surface area contributed by atoms with Crippen LogP contribution in [0.2, 0.25) is 5.02 Å². The molecule has 2 atom stereocenters. The molecule has 0 spiro atoms. The van der Waals surface area contributed by atoms with Gasteiger partial charge in [-0.25, -0.2) is 0 Å². The SMILES string of the molecule is CC[C@H](C)[C@H](N)C(=O)NCc1ccc(Cl)cc1. The summed E-state index contributed by atoms with van der Waals surface area (Å²) < 4.78 is 0. The van der Waals surface area contributed by atoms with Crippen molar-refractivity contribution in [1.29, 1.82) is 0 Å². The Morgan fingerprint density at radius 2 is 2.00 bits per heavy atom. The Hall–Kier alpha value is -1.06. The predicted molar refractivity (Wildman–Crippen MR) is 70.7 cm³/mol. The van der Waals surface area contributed by atoms with Crippen LogP contribution in [0, 0.1) is 5.92 Å². The van der Waals surface area contributed by atoms with Crippen LogP contribution in [0.5, 0.6) is 0 Å². The number of amides is 1. The van der Waals surface area contributed by atoms with E-state index in [0.29, 0.717) is 11.6 Å². The zero-order chi connectivity index (χ0) is 12.8. The molecule has 0 saturated carbocycles. The maximum Gasteiger partial charge on any atom is 0.237 e. The van der Waals surface area contributed by atoms with Crippen LogP contribution in [-0.2, 0) is 11.3 Å². The second-order valence-electron chi connectivity index (χ2n) is 4.26. The average molecular weight is 255 g/mol. The van der Waals surface area contributed by atoms with Gasteiger partial charge in [0.25, 0.3) is 0 Å². The molecule has 0 heterocycles. The quantitative estimate of drug-likeness (QED) is 0.847. The van der Waals surface area contributed by atoms with Gasteiger partial charge >= 0.3 is 0 Å². The molecular weight excluding hydrogens is 236 g/mol. The molecule has 17 heavy (non-hydrogen) atoms. The first-order valence-corrected chi connectivity index (χ1v) is 6.20. The average Bonchev–Trinajstić information content (AvgIpc) is 2.35. The number of halogens is 1. The van der Waals surface area contributed by atoms with Crippen LogP contribution in [0.25, 0.3) is 0 Å². The Morgan fingerprint density at radius 3 is 2.53 bits per heavy atom. The summed E-state index contributed by atoms with van der Waals surface area (Å²) in [6.45, 7) is 4.49. The topological polar surface area (TPSA) is 55.1 Å². The molecule has 94 valence electrons. The number of nitrogens with one attached hydrogen (secondary N) is 1. The molecule has 3 nitrogen and oxygen atoms in total. The standard InChI is InChI=1S/C13H19ClN2O/c1-3-9(2)12(15)13(17)16-8-10-4-6-11(14)7-5-10/h4-7,9,12H,3,8,15H2,1-2H3,(H,16,17)/t9-,12-/m0/s1. The van der Waals surface area contributed by atoms with Crippen LogP contribution in [0.3, 0.4) is 0 Å². The maximum absolute atomic E-state index is 11.7. The van der Waals surface area contributed by atoms with Crippen LogP contribution in [-0.4, -0.2) is 11.9 Å². The molecule has 1 rings (SSSR count). The molecule has 0 aliphatic rings. The predicted octanol–water partition coefficient (Wildman–Crippen LogP) is 2.33. The summed E-state index contributed by atoms with van der Waals surface area (Å²) in [7, 11) is 0. The normalized spacial score (nSPS) is 14.1. The second-order valence-corrected chi connectivity index (χ2v) is 4.69. The molecule has 0 aromatic heterocycles. The maximum atomic E-state index is 11.7. The Balaban J connectivity index is 2.45. The summed E-state index contributed by atoms with van der Waals surface area (Å²) in [5.41, 5.74) is 6.84. The molecular formula is C13H19ClN2O. The van der Waals surface area contributed by atoms with E-state index in [-0.39, 0.29) is 11.8 Å². The van der Waals surface area contributed by atoms with E-state index >= 15 is 0 Å². The molecule has 0 saturated heterocycles. The lowest BCUT2D eigenvalue weighted by molar-refractivity contribution is -0.123. The smallest absolute Gasteiger partial charge is 0.237 e. The van der Waals surface area contributed by atoms with Crippen LogP contribution < -0.4 is 11.1 Å². The zero-order valence-electron chi connectivity index (χ0n) is 10.2. The van der Waals surface area contributed by atoms with E-state index in [1.807, 2.05) is 26.0 Å². The van der Waals surface area contributed by atoms with Gasteiger partial charge in [0, 0.05) is 11.6 Å². The molecule has 0 fully saturated rings. The van der Waals surface area contributed by atoms with E-state index in [0.717, 1.165) is 12.0 Å². The highest BCUT2D eigenvalue weighted by atomic mass is 35.5. The molecule has 4 heteroatoms. The van der Waals surface area contributed by atoms with Gasteiger partial charge in [-0.1, -0.05) is 44.0 Å². The van der Waals surface area contributed by atoms with Crippen LogP contribution >= 0.6 is 11.6 Å². The number of carbonyl (C=O) groups is 1. The van der Waals surface area contributed by atoms with Gasteiger partial charge in [-0.2, -0.15) is 0 Å². The van der Waals surface area contributed by atoms with E-state index in [2.05, 4.69) is 5.32 Å². The molecule has 0 aliphatic carbocycles. The summed E-state index contributed by atoms with van der Waals surface area (Å²) in [6, 6.07) is 6.94. The Labute approximate surface area is 107 Å². The minimum atomic E-state index is -0.438. The van der Waals surface area contributed by atoms with Gasteiger partial charge in [0.05, 0.1) is 6.04 Å². The molecule has 1 aromatic rings. The molecule has 0 aliphatic heterocycles. The lowest BCUT2D eigenvalue weighted by atomic mass is 9.99. The van der Waals surface area contributed by atoms with Gasteiger partial charge in [-0.3, -0.25) is 4.79 Å². The van der Waals surface area contributed by atoms with Gasteiger partial charge in [-0.05, 0) is 23.6 Å². The third-order valence-electron chi connectivity index (χ3n) is 2.94. The van der Waals surface area contributed by atoms with Crippen molar-refractivity contribution in [2.45, 2.75) is 32.9 Å². The van der Waals surface area contributed by atoms with Crippen molar-refractivity contribution in [3.63, 3.8) is 0 Å². The van der Waals surface area contributed by atoms with E-state index in [9.17, 15) is 4.79 Å². The summed E-state index contributed by atoms with van der Waals surface area (Å²) in [4.78, 5) is 11.7. The minimum absolute atomic E-state index is 0.102. The first kappa shape index (κ1) is 14.0. The number of hydrogen-bond donors (Lipinski definition) is 2. The van der Waals surface area contributed by atoms with Gasteiger partial charge in [0.15, 0.2) is 0 Å². The highest BCUT2D eigenvalue weighted by Crippen LogP contribution is 2.10. The van der Waals surface area contributed by atoms with Crippen molar-refractivity contribution in [1.82, 2.24) is 5.32 Å². The van der Waals surface area contributed by atoms with Crippen molar-refractivity contribution >= 4 is 17.5 Å². The lowest BCUT2D eigenvalue weighted by Crippen LogP contribution is -2.44. The fourth-order valence-corrected chi connectivity index (χ4v) is 1.55. The summed E-state index contributed by atoms with van der Waals surface area (Å²) in [5, 5.41) is 3.52. The van der Waals surface area contributed by atoms with Gasteiger partial charge in [-0.15, -0.1) is 0 Å². The van der Waals surface area contributed by atoms with E-state index < -0.39 is 6.04 Å². The first-order valence-electron chi connectivity index (χ1n) is 5.82. The van der Waals surface area contributed by atoms with Crippen LogP contribution in [0.1, 0.15) is 25.8 Å². The van der Waals surface area contributed by atoms with Crippen molar-refractivity contribution in [3.8, 4) is 0 Å².